The zero-order valence-corrected chi connectivity index (χ0v) is 16.5. The maximum atomic E-state index is 13.3. The summed E-state index contributed by atoms with van der Waals surface area (Å²) in [6, 6.07) is 19.6. The molecule has 0 aliphatic carbocycles. The van der Waals surface area contributed by atoms with Crippen molar-refractivity contribution in [2.75, 3.05) is 4.90 Å². The Kier molecular flexibility index (Phi) is 4.92. The molecule has 0 unspecified atom stereocenters. The fourth-order valence-corrected chi connectivity index (χ4v) is 4.35. The van der Waals surface area contributed by atoms with Crippen LogP contribution in [0.3, 0.4) is 0 Å². The van der Waals surface area contributed by atoms with Gasteiger partial charge in [0.15, 0.2) is 5.13 Å². The topological polar surface area (TPSA) is 33.2 Å². The van der Waals surface area contributed by atoms with Crippen LogP contribution in [0.2, 0.25) is 0 Å². The number of anilines is 1. The summed E-state index contributed by atoms with van der Waals surface area (Å²) in [6.45, 7) is 4.48. The first kappa shape index (κ1) is 18.3. The summed E-state index contributed by atoms with van der Waals surface area (Å²) in [4.78, 5) is 19.7. The molecule has 4 rings (SSSR count). The number of carbonyl (C=O) groups is 1. The number of hydrogen-bond donors (Lipinski definition) is 0. The van der Waals surface area contributed by atoms with Gasteiger partial charge in [-0.05, 0) is 60.9 Å². The largest absolute Gasteiger partial charge is 0.279 e. The normalized spacial score (nSPS) is 11.0. The molecule has 0 N–H and O–H groups in total. The Bertz CT molecular complexity index is 1140. The van der Waals surface area contributed by atoms with Crippen LogP contribution in [0, 0.1) is 19.7 Å². The van der Waals surface area contributed by atoms with E-state index in [1.807, 2.05) is 37.3 Å². The second-order valence-corrected chi connectivity index (χ2v) is 7.82. The molecule has 5 heteroatoms. The van der Waals surface area contributed by atoms with Gasteiger partial charge in [0.05, 0.1) is 16.8 Å². The number of rotatable bonds is 4. The Balaban J connectivity index is 1.79. The van der Waals surface area contributed by atoms with Gasteiger partial charge >= 0.3 is 0 Å². The van der Waals surface area contributed by atoms with E-state index in [2.05, 4.69) is 19.1 Å². The van der Waals surface area contributed by atoms with Crippen molar-refractivity contribution in [1.82, 2.24) is 4.98 Å². The van der Waals surface area contributed by atoms with Crippen molar-refractivity contribution in [2.24, 2.45) is 0 Å². The molecule has 1 aromatic heterocycles. The zero-order chi connectivity index (χ0) is 19.7. The number of aryl methyl sites for hydroxylation is 2. The summed E-state index contributed by atoms with van der Waals surface area (Å²) < 4.78 is 14.4. The number of aromatic nitrogens is 1. The summed E-state index contributed by atoms with van der Waals surface area (Å²) in [7, 11) is 0. The van der Waals surface area contributed by atoms with Crippen molar-refractivity contribution in [3.8, 4) is 0 Å². The highest BCUT2D eigenvalue weighted by atomic mass is 32.1. The first-order valence-corrected chi connectivity index (χ1v) is 9.82. The number of hydrogen-bond acceptors (Lipinski definition) is 3. The molecule has 0 bridgehead atoms. The Morgan fingerprint density at radius 3 is 2.46 bits per heavy atom. The quantitative estimate of drug-likeness (QED) is 0.435. The van der Waals surface area contributed by atoms with Gasteiger partial charge in [0, 0.05) is 5.56 Å². The third-order valence-corrected chi connectivity index (χ3v) is 5.59. The Hall–Kier alpha value is -3.05. The van der Waals surface area contributed by atoms with Gasteiger partial charge in [-0.2, -0.15) is 0 Å². The van der Waals surface area contributed by atoms with Crippen LogP contribution in [0.5, 0.6) is 0 Å². The van der Waals surface area contributed by atoms with E-state index in [1.54, 1.807) is 4.90 Å². The molecule has 0 saturated carbocycles. The van der Waals surface area contributed by atoms with Gasteiger partial charge < -0.3 is 0 Å². The van der Waals surface area contributed by atoms with E-state index in [0.29, 0.717) is 17.2 Å². The predicted octanol–water partition coefficient (Wildman–Crippen LogP) is 5.90. The number of benzene rings is 3. The second-order valence-electron chi connectivity index (χ2n) is 6.81. The summed E-state index contributed by atoms with van der Waals surface area (Å²) in [5.41, 5.74) is 4.61. The molecule has 3 nitrogen and oxygen atoms in total. The Labute approximate surface area is 167 Å². The third-order valence-electron chi connectivity index (χ3n) is 4.57. The van der Waals surface area contributed by atoms with E-state index in [1.165, 1.54) is 41.2 Å². The number of carbonyl (C=O) groups excluding carboxylic acids is 1. The van der Waals surface area contributed by atoms with Crippen molar-refractivity contribution in [3.63, 3.8) is 0 Å². The molecule has 0 fully saturated rings. The van der Waals surface area contributed by atoms with E-state index in [4.69, 9.17) is 4.98 Å². The molecular weight excluding hydrogens is 371 g/mol. The van der Waals surface area contributed by atoms with E-state index >= 15 is 0 Å². The van der Waals surface area contributed by atoms with Gasteiger partial charge in [0.2, 0.25) is 0 Å². The fraction of sp³-hybridized carbons (Fsp3) is 0.130. The summed E-state index contributed by atoms with van der Waals surface area (Å²) >= 11 is 1.50. The highest BCUT2D eigenvalue weighted by Crippen LogP contribution is 2.33. The summed E-state index contributed by atoms with van der Waals surface area (Å²) in [5, 5.41) is 0.641. The van der Waals surface area contributed by atoms with Gasteiger partial charge in [0.1, 0.15) is 5.82 Å². The van der Waals surface area contributed by atoms with E-state index in [-0.39, 0.29) is 11.7 Å². The van der Waals surface area contributed by atoms with Crippen LogP contribution in [0.4, 0.5) is 9.52 Å². The van der Waals surface area contributed by atoms with Crippen LogP contribution in [0.1, 0.15) is 27.0 Å². The third kappa shape index (κ3) is 3.66. The number of nitrogens with zero attached hydrogens (tertiary/aromatic N) is 2. The van der Waals surface area contributed by atoms with Gasteiger partial charge in [0.25, 0.3) is 5.91 Å². The molecule has 3 aromatic carbocycles. The van der Waals surface area contributed by atoms with Crippen LogP contribution < -0.4 is 4.90 Å². The number of thiazole rings is 1. The van der Waals surface area contributed by atoms with Crippen molar-refractivity contribution in [3.05, 3.63) is 94.8 Å². The van der Waals surface area contributed by atoms with Crippen molar-refractivity contribution in [2.45, 2.75) is 20.4 Å². The van der Waals surface area contributed by atoms with E-state index in [0.717, 1.165) is 21.3 Å². The summed E-state index contributed by atoms with van der Waals surface area (Å²) in [6.07, 6.45) is 0. The van der Waals surface area contributed by atoms with Gasteiger partial charge in [-0.25, -0.2) is 9.37 Å². The Morgan fingerprint density at radius 2 is 1.75 bits per heavy atom. The molecule has 4 aromatic rings. The van der Waals surface area contributed by atoms with Crippen LogP contribution in [0.25, 0.3) is 10.2 Å². The molecular formula is C23H19FN2OS. The Morgan fingerprint density at radius 1 is 1.04 bits per heavy atom. The predicted molar refractivity (Wildman–Crippen MR) is 112 cm³/mol. The van der Waals surface area contributed by atoms with Crippen molar-refractivity contribution >= 4 is 32.6 Å². The standard InChI is InChI=1S/C23H19FN2OS/c1-15-12-16(2)21-20(13-15)28-23(25-21)26(14-17-6-4-3-5-7-17)22(27)18-8-10-19(24)11-9-18/h3-13H,14H2,1-2H3. The molecule has 140 valence electrons. The van der Waals surface area contributed by atoms with Crippen LogP contribution in [-0.2, 0) is 6.54 Å². The minimum Gasteiger partial charge on any atom is -0.279 e. The smallest absolute Gasteiger partial charge is 0.260 e. The molecule has 0 aliphatic rings. The highest BCUT2D eigenvalue weighted by molar-refractivity contribution is 7.22. The highest BCUT2D eigenvalue weighted by Gasteiger charge is 2.22. The number of fused-ring (bicyclic) bond motifs is 1. The lowest BCUT2D eigenvalue weighted by Crippen LogP contribution is -2.30. The van der Waals surface area contributed by atoms with Crippen LogP contribution in [-0.4, -0.2) is 10.9 Å². The minimum atomic E-state index is -0.364. The molecule has 28 heavy (non-hydrogen) atoms. The average Bonchev–Trinajstić information content (AvgIpc) is 3.11. The van der Waals surface area contributed by atoms with Gasteiger partial charge in [-0.15, -0.1) is 0 Å². The molecule has 1 heterocycles. The first-order valence-electron chi connectivity index (χ1n) is 9.00. The molecule has 1 amide bonds. The van der Waals surface area contributed by atoms with Gasteiger partial charge in [-0.3, -0.25) is 9.69 Å². The molecule has 0 atom stereocenters. The van der Waals surface area contributed by atoms with E-state index < -0.39 is 0 Å². The molecule has 0 saturated heterocycles. The maximum absolute atomic E-state index is 13.3. The molecule has 0 radical (unpaired) electrons. The zero-order valence-electron chi connectivity index (χ0n) is 15.6. The molecule has 0 spiro atoms. The molecule has 0 aliphatic heterocycles. The average molecular weight is 390 g/mol. The monoisotopic (exact) mass is 390 g/mol. The fourth-order valence-electron chi connectivity index (χ4n) is 3.21. The van der Waals surface area contributed by atoms with E-state index in [9.17, 15) is 9.18 Å². The maximum Gasteiger partial charge on any atom is 0.260 e. The number of halogens is 1. The lowest BCUT2D eigenvalue weighted by atomic mass is 10.1. The van der Waals surface area contributed by atoms with Crippen LogP contribution >= 0.6 is 11.3 Å². The first-order chi connectivity index (χ1) is 13.5. The number of amides is 1. The van der Waals surface area contributed by atoms with Gasteiger partial charge in [-0.1, -0.05) is 47.7 Å². The van der Waals surface area contributed by atoms with Crippen molar-refractivity contribution < 1.29 is 9.18 Å². The van der Waals surface area contributed by atoms with Crippen LogP contribution in [0.15, 0.2) is 66.7 Å². The minimum absolute atomic E-state index is 0.197. The lowest BCUT2D eigenvalue weighted by molar-refractivity contribution is 0.0985. The SMILES string of the molecule is Cc1cc(C)c2nc(N(Cc3ccccc3)C(=O)c3ccc(F)cc3)sc2c1. The summed E-state index contributed by atoms with van der Waals surface area (Å²) in [5.74, 6) is -0.561. The second kappa shape index (κ2) is 7.52. The van der Waals surface area contributed by atoms with Crippen molar-refractivity contribution in [1.29, 1.82) is 0 Å². The lowest BCUT2D eigenvalue weighted by Gasteiger charge is -2.20.